The van der Waals surface area contributed by atoms with Gasteiger partial charge in [-0.05, 0) is 42.2 Å². The molecule has 1 amide bonds. The quantitative estimate of drug-likeness (QED) is 0.716. The van der Waals surface area contributed by atoms with E-state index in [9.17, 15) is 9.59 Å². The van der Waals surface area contributed by atoms with Crippen molar-refractivity contribution in [3.63, 3.8) is 0 Å². The van der Waals surface area contributed by atoms with Crippen molar-refractivity contribution < 1.29 is 23.8 Å². The van der Waals surface area contributed by atoms with Gasteiger partial charge in [-0.2, -0.15) is 0 Å². The van der Waals surface area contributed by atoms with Gasteiger partial charge in [0.25, 0.3) is 5.91 Å². The summed E-state index contributed by atoms with van der Waals surface area (Å²) < 4.78 is 15.4. The number of nitrogens with one attached hydrogen (secondary N) is 1. The van der Waals surface area contributed by atoms with E-state index in [0.29, 0.717) is 28.7 Å². The lowest BCUT2D eigenvalue weighted by molar-refractivity contribution is -0.119. The van der Waals surface area contributed by atoms with Crippen LogP contribution in [0.5, 0.6) is 11.5 Å². The predicted octanol–water partition coefficient (Wildman–Crippen LogP) is 3.70. The minimum absolute atomic E-state index is 0.396. The van der Waals surface area contributed by atoms with Gasteiger partial charge >= 0.3 is 5.97 Å². The molecule has 0 aliphatic carbocycles. The molecule has 0 bridgehead atoms. The van der Waals surface area contributed by atoms with Crippen LogP contribution in [-0.2, 0) is 16.0 Å². The van der Waals surface area contributed by atoms with Gasteiger partial charge in [0.2, 0.25) is 0 Å². The van der Waals surface area contributed by atoms with Crippen LogP contribution >= 0.6 is 0 Å². The minimum atomic E-state index is -0.543. The summed E-state index contributed by atoms with van der Waals surface area (Å²) in [4.78, 5) is 24.2. The van der Waals surface area contributed by atoms with E-state index in [1.165, 1.54) is 14.2 Å². The van der Waals surface area contributed by atoms with Crippen LogP contribution in [0.3, 0.4) is 0 Å². The van der Waals surface area contributed by atoms with E-state index < -0.39 is 18.5 Å². The highest BCUT2D eigenvalue weighted by Crippen LogP contribution is 2.28. The summed E-state index contributed by atoms with van der Waals surface area (Å²) in [6, 6.07) is 12.3. The van der Waals surface area contributed by atoms with Crippen LogP contribution < -0.4 is 14.8 Å². The maximum absolute atomic E-state index is 12.1. The number of amides is 1. The van der Waals surface area contributed by atoms with Gasteiger partial charge in [0.05, 0.1) is 25.5 Å². The zero-order chi connectivity index (χ0) is 19.8. The van der Waals surface area contributed by atoms with Crippen molar-refractivity contribution in [2.75, 3.05) is 26.1 Å². The standard InChI is InChI=1S/C21H25NO5/c1-14(2)11-15-5-7-16(8-6-15)21(24)27-13-20(23)22-18-12-17(25-3)9-10-19(18)26-4/h5-10,12,14H,11,13H2,1-4H3,(H,22,23). The third-order valence-corrected chi connectivity index (χ3v) is 3.85. The van der Waals surface area contributed by atoms with Crippen molar-refractivity contribution >= 4 is 17.6 Å². The number of ether oxygens (including phenoxy) is 3. The first-order chi connectivity index (χ1) is 12.9. The molecule has 2 rings (SSSR count). The molecule has 0 saturated carbocycles. The maximum Gasteiger partial charge on any atom is 0.338 e. The Labute approximate surface area is 159 Å². The Morgan fingerprint density at radius 2 is 1.70 bits per heavy atom. The van der Waals surface area contributed by atoms with E-state index >= 15 is 0 Å². The molecule has 2 aromatic carbocycles. The molecule has 0 fully saturated rings. The van der Waals surface area contributed by atoms with E-state index in [0.717, 1.165) is 12.0 Å². The number of benzene rings is 2. The second-order valence-electron chi connectivity index (χ2n) is 6.49. The van der Waals surface area contributed by atoms with Crippen LogP contribution in [0.2, 0.25) is 0 Å². The van der Waals surface area contributed by atoms with Crippen LogP contribution in [0.4, 0.5) is 5.69 Å². The van der Waals surface area contributed by atoms with E-state index in [4.69, 9.17) is 14.2 Å². The van der Waals surface area contributed by atoms with Crippen LogP contribution in [0.15, 0.2) is 42.5 Å². The van der Waals surface area contributed by atoms with Gasteiger partial charge in [-0.15, -0.1) is 0 Å². The number of esters is 1. The lowest BCUT2D eigenvalue weighted by atomic mass is 10.0. The molecule has 0 radical (unpaired) electrons. The van der Waals surface area contributed by atoms with Crippen LogP contribution in [0.1, 0.15) is 29.8 Å². The summed E-state index contributed by atoms with van der Waals surface area (Å²) in [7, 11) is 3.03. The summed E-state index contributed by atoms with van der Waals surface area (Å²) in [6.45, 7) is 3.88. The molecule has 2 aromatic rings. The fourth-order valence-corrected chi connectivity index (χ4v) is 2.56. The van der Waals surface area contributed by atoms with Crippen molar-refractivity contribution in [2.45, 2.75) is 20.3 Å². The van der Waals surface area contributed by atoms with Gasteiger partial charge in [-0.25, -0.2) is 4.79 Å². The summed E-state index contributed by atoms with van der Waals surface area (Å²) in [5.41, 5.74) is 2.01. The Morgan fingerprint density at radius 3 is 2.30 bits per heavy atom. The fraction of sp³-hybridized carbons (Fsp3) is 0.333. The molecule has 6 heteroatoms. The first-order valence-electron chi connectivity index (χ1n) is 8.71. The topological polar surface area (TPSA) is 73.9 Å². The molecule has 0 heterocycles. The van der Waals surface area contributed by atoms with Gasteiger partial charge in [-0.1, -0.05) is 26.0 Å². The molecule has 6 nitrogen and oxygen atoms in total. The van der Waals surface area contributed by atoms with Crippen molar-refractivity contribution in [1.29, 1.82) is 0 Å². The first kappa shape index (κ1) is 20.3. The Bertz CT molecular complexity index is 784. The number of anilines is 1. The molecule has 27 heavy (non-hydrogen) atoms. The third kappa shape index (κ3) is 6.02. The second kappa shape index (κ2) is 9.62. The average molecular weight is 371 g/mol. The second-order valence-corrected chi connectivity index (χ2v) is 6.49. The van der Waals surface area contributed by atoms with Gasteiger partial charge in [-0.3, -0.25) is 4.79 Å². The molecular weight excluding hydrogens is 346 g/mol. The molecular formula is C21H25NO5. The summed E-state index contributed by atoms with van der Waals surface area (Å²) in [5, 5.41) is 2.65. The van der Waals surface area contributed by atoms with E-state index in [-0.39, 0.29) is 0 Å². The zero-order valence-electron chi connectivity index (χ0n) is 16.1. The Morgan fingerprint density at radius 1 is 1.00 bits per heavy atom. The summed E-state index contributed by atoms with van der Waals surface area (Å²) >= 11 is 0. The lowest BCUT2D eigenvalue weighted by Crippen LogP contribution is -2.21. The largest absolute Gasteiger partial charge is 0.497 e. The molecule has 0 aromatic heterocycles. The number of rotatable bonds is 8. The number of hydrogen-bond acceptors (Lipinski definition) is 5. The van der Waals surface area contributed by atoms with Crippen molar-refractivity contribution in [1.82, 2.24) is 0 Å². The molecule has 0 unspecified atom stereocenters. The molecule has 0 saturated heterocycles. The highest BCUT2D eigenvalue weighted by molar-refractivity contribution is 5.96. The molecule has 0 aliphatic heterocycles. The minimum Gasteiger partial charge on any atom is -0.497 e. The van der Waals surface area contributed by atoms with Crippen LogP contribution in [0, 0.1) is 5.92 Å². The first-order valence-corrected chi connectivity index (χ1v) is 8.71. The van der Waals surface area contributed by atoms with E-state index in [1.54, 1.807) is 30.3 Å². The SMILES string of the molecule is COc1ccc(OC)c(NC(=O)COC(=O)c2ccc(CC(C)C)cc2)c1. The lowest BCUT2D eigenvalue weighted by Gasteiger charge is -2.12. The molecule has 1 N–H and O–H groups in total. The number of hydrogen-bond donors (Lipinski definition) is 1. The fourth-order valence-electron chi connectivity index (χ4n) is 2.56. The smallest absolute Gasteiger partial charge is 0.338 e. The highest BCUT2D eigenvalue weighted by atomic mass is 16.5. The van der Waals surface area contributed by atoms with E-state index in [2.05, 4.69) is 19.2 Å². The summed E-state index contributed by atoms with van der Waals surface area (Å²) in [6.07, 6.45) is 0.945. The number of carbonyl (C=O) groups excluding carboxylic acids is 2. The van der Waals surface area contributed by atoms with Gasteiger partial charge in [0.15, 0.2) is 6.61 Å². The molecule has 0 aliphatic rings. The monoisotopic (exact) mass is 371 g/mol. The van der Waals surface area contributed by atoms with Crippen LogP contribution in [0.25, 0.3) is 0 Å². The average Bonchev–Trinajstić information content (AvgIpc) is 2.66. The molecule has 144 valence electrons. The molecule has 0 spiro atoms. The Kier molecular flexibility index (Phi) is 7.23. The number of carbonyl (C=O) groups is 2. The predicted molar refractivity (Wildman–Crippen MR) is 103 cm³/mol. The van der Waals surface area contributed by atoms with Crippen molar-refractivity contribution in [2.24, 2.45) is 5.92 Å². The van der Waals surface area contributed by atoms with Gasteiger partial charge in [0.1, 0.15) is 11.5 Å². The zero-order valence-corrected chi connectivity index (χ0v) is 16.1. The Balaban J connectivity index is 1.92. The van der Waals surface area contributed by atoms with Crippen molar-refractivity contribution in [3.05, 3.63) is 53.6 Å². The normalized spacial score (nSPS) is 10.4. The Hall–Kier alpha value is -3.02. The molecule has 0 atom stereocenters. The van der Waals surface area contributed by atoms with Gasteiger partial charge < -0.3 is 19.5 Å². The summed E-state index contributed by atoms with van der Waals surface area (Å²) in [5.74, 6) is 0.589. The number of methoxy groups -OCH3 is 2. The highest BCUT2D eigenvalue weighted by Gasteiger charge is 2.13. The van der Waals surface area contributed by atoms with Crippen molar-refractivity contribution in [3.8, 4) is 11.5 Å². The van der Waals surface area contributed by atoms with Gasteiger partial charge in [0, 0.05) is 6.07 Å². The van der Waals surface area contributed by atoms with E-state index in [1.807, 2.05) is 12.1 Å². The third-order valence-electron chi connectivity index (χ3n) is 3.85. The maximum atomic E-state index is 12.1. The van der Waals surface area contributed by atoms with Crippen LogP contribution in [-0.4, -0.2) is 32.7 Å².